The Morgan fingerprint density at radius 3 is 3.22 bits per heavy atom. The predicted octanol–water partition coefficient (Wildman–Crippen LogP) is 1.37. The van der Waals surface area contributed by atoms with Crippen LogP contribution >= 0.6 is 0 Å². The van der Waals surface area contributed by atoms with Crippen molar-refractivity contribution in [2.75, 3.05) is 32.1 Å². The maximum Gasteiger partial charge on any atom is 0.257 e. The standard InChI is InChI=1S/C13H19N3O2/c1-10-9-16(7-4-8-18-10)13(17)11-5-3-6-15-12(11)14-2/h3,5-6,10H,4,7-9H2,1-2H3,(H,14,15). The zero-order valence-electron chi connectivity index (χ0n) is 10.8. The van der Waals surface area contributed by atoms with Crippen LogP contribution < -0.4 is 5.32 Å². The first-order valence-corrected chi connectivity index (χ1v) is 6.26. The fraction of sp³-hybridized carbons (Fsp3) is 0.538. The van der Waals surface area contributed by atoms with Crippen molar-refractivity contribution in [2.24, 2.45) is 0 Å². The molecule has 2 rings (SSSR count). The molecule has 0 spiro atoms. The van der Waals surface area contributed by atoms with Crippen molar-refractivity contribution in [2.45, 2.75) is 19.4 Å². The molecule has 0 radical (unpaired) electrons. The van der Waals surface area contributed by atoms with Gasteiger partial charge < -0.3 is 15.0 Å². The van der Waals surface area contributed by atoms with Gasteiger partial charge in [-0.1, -0.05) is 0 Å². The van der Waals surface area contributed by atoms with Gasteiger partial charge in [-0.25, -0.2) is 4.98 Å². The zero-order valence-corrected chi connectivity index (χ0v) is 10.8. The van der Waals surface area contributed by atoms with E-state index >= 15 is 0 Å². The Kier molecular flexibility index (Phi) is 4.15. The molecule has 1 aliphatic rings. The Morgan fingerprint density at radius 2 is 2.44 bits per heavy atom. The molecule has 0 aromatic carbocycles. The smallest absolute Gasteiger partial charge is 0.257 e. The summed E-state index contributed by atoms with van der Waals surface area (Å²) in [6.45, 7) is 4.09. The highest BCUT2D eigenvalue weighted by Gasteiger charge is 2.22. The number of hydrogen-bond acceptors (Lipinski definition) is 4. The van der Waals surface area contributed by atoms with Gasteiger partial charge >= 0.3 is 0 Å². The molecule has 1 unspecified atom stereocenters. The predicted molar refractivity (Wildman–Crippen MR) is 69.7 cm³/mol. The average molecular weight is 249 g/mol. The number of nitrogens with one attached hydrogen (secondary N) is 1. The van der Waals surface area contributed by atoms with Gasteiger partial charge in [0.15, 0.2) is 0 Å². The van der Waals surface area contributed by atoms with Crippen LogP contribution in [0.4, 0.5) is 5.82 Å². The number of nitrogens with zero attached hydrogens (tertiary/aromatic N) is 2. The van der Waals surface area contributed by atoms with Crippen molar-refractivity contribution < 1.29 is 9.53 Å². The van der Waals surface area contributed by atoms with Gasteiger partial charge in [0.25, 0.3) is 5.91 Å². The van der Waals surface area contributed by atoms with Crippen LogP contribution in [0, 0.1) is 0 Å². The first-order valence-electron chi connectivity index (χ1n) is 6.26. The van der Waals surface area contributed by atoms with Crippen LogP contribution in [0.5, 0.6) is 0 Å². The lowest BCUT2D eigenvalue weighted by molar-refractivity contribution is 0.0563. The van der Waals surface area contributed by atoms with Crippen molar-refractivity contribution in [3.63, 3.8) is 0 Å². The summed E-state index contributed by atoms with van der Waals surface area (Å²) in [4.78, 5) is 18.5. The molecule has 0 bridgehead atoms. The molecule has 1 aromatic heterocycles. The molecule has 1 amide bonds. The zero-order chi connectivity index (χ0) is 13.0. The Bertz CT molecular complexity index is 422. The molecule has 1 N–H and O–H groups in total. The van der Waals surface area contributed by atoms with E-state index < -0.39 is 0 Å². The van der Waals surface area contributed by atoms with Crippen LogP contribution in [0.15, 0.2) is 18.3 Å². The van der Waals surface area contributed by atoms with E-state index in [9.17, 15) is 4.79 Å². The molecule has 1 atom stereocenters. The maximum atomic E-state index is 12.5. The van der Waals surface area contributed by atoms with Crippen LogP contribution in [0.25, 0.3) is 0 Å². The third kappa shape index (κ3) is 2.79. The van der Waals surface area contributed by atoms with Crippen LogP contribution in [-0.2, 0) is 4.74 Å². The van der Waals surface area contributed by atoms with Gasteiger partial charge in [-0.15, -0.1) is 0 Å². The molecule has 2 heterocycles. The van der Waals surface area contributed by atoms with E-state index in [1.54, 1.807) is 25.4 Å². The highest BCUT2D eigenvalue weighted by molar-refractivity contribution is 5.98. The molecular formula is C13H19N3O2. The fourth-order valence-electron chi connectivity index (χ4n) is 2.13. The highest BCUT2D eigenvalue weighted by Crippen LogP contribution is 2.16. The van der Waals surface area contributed by atoms with Gasteiger partial charge in [0.1, 0.15) is 5.82 Å². The summed E-state index contributed by atoms with van der Waals surface area (Å²) in [7, 11) is 1.77. The van der Waals surface area contributed by atoms with Crippen molar-refractivity contribution in [1.82, 2.24) is 9.88 Å². The first kappa shape index (κ1) is 12.8. The Hall–Kier alpha value is -1.62. The fourth-order valence-corrected chi connectivity index (χ4v) is 2.13. The highest BCUT2D eigenvalue weighted by atomic mass is 16.5. The van der Waals surface area contributed by atoms with Gasteiger partial charge in [-0.3, -0.25) is 4.79 Å². The Labute approximate surface area is 107 Å². The first-order chi connectivity index (χ1) is 8.72. The van der Waals surface area contributed by atoms with E-state index in [-0.39, 0.29) is 12.0 Å². The third-order valence-electron chi connectivity index (χ3n) is 3.01. The Morgan fingerprint density at radius 1 is 1.61 bits per heavy atom. The summed E-state index contributed by atoms with van der Waals surface area (Å²) < 4.78 is 5.55. The lowest BCUT2D eigenvalue weighted by Crippen LogP contribution is -2.36. The Balaban J connectivity index is 2.19. The molecule has 5 nitrogen and oxygen atoms in total. The van der Waals surface area contributed by atoms with Crippen LogP contribution in [0.2, 0.25) is 0 Å². The van der Waals surface area contributed by atoms with Gasteiger partial charge in [0.2, 0.25) is 0 Å². The third-order valence-corrected chi connectivity index (χ3v) is 3.01. The largest absolute Gasteiger partial charge is 0.377 e. The van der Waals surface area contributed by atoms with E-state index in [4.69, 9.17) is 4.74 Å². The number of ether oxygens (including phenoxy) is 1. The minimum Gasteiger partial charge on any atom is -0.377 e. The lowest BCUT2D eigenvalue weighted by Gasteiger charge is -2.22. The van der Waals surface area contributed by atoms with E-state index in [1.807, 2.05) is 11.8 Å². The van der Waals surface area contributed by atoms with Crippen molar-refractivity contribution >= 4 is 11.7 Å². The maximum absolute atomic E-state index is 12.5. The number of rotatable bonds is 2. The van der Waals surface area contributed by atoms with Crippen LogP contribution in [0.1, 0.15) is 23.7 Å². The molecule has 98 valence electrons. The molecule has 1 aromatic rings. The number of aromatic nitrogens is 1. The average Bonchev–Trinajstić information content (AvgIpc) is 2.62. The summed E-state index contributed by atoms with van der Waals surface area (Å²) >= 11 is 0. The number of pyridine rings is 1. The van der Waals surface area contributed by atoms with Gasteiger partial charge in [-0.05, 0) is 25.5 Å². The monoisotopic (exact) mass is 249 g/mol. The molecular weight excluding hydrogens is 230 g/mol. The number of carbonyl (C=O) groups is 1. The summed E-state index contributed by atoms with van der Waals surface area (Å²) in [6.07, 6.45) is 2.65. The quantitative estimate of drug-likeness (QED) is 0.860. The summed E-state index contributed by atoms with van der Waals surface area (Å²) in [5, 5.41) is 2.95. The van der Waals surface area contributed by atoms with E-state index in [0.29, 0.717) is 17.9 Å². The molecule has 1 fully saturated rings. The van der Waals surface area contributed by atoms with Crippen molar-refractivity contribution in [3.8, 4) is 0 Å². The molecule has 5 heteroatoms. The van der Waals surface area contributed by atoms with Gasteiger partial charge in [-0.2, -0.15) is 0 Å². The van der Waals surface area contributed by atoms with E-state index in [1.165, 1.54) is 0 Å². The second kappa shape index (κ2) is 5.82. The van der Waals surface area contributed by atoms with Crippen molar-refractivity contribution in [1.29, 1.82) is 0 Å². The summed E-state index contributed by atoms with van der Waals surface area (Å²) in [6, 6.07) is 3.59. The minimum absolute atomic E-state index is 0.0183. The molecule has 1 saturated heterocycles. The SMILES string of the molecule is CNc1ncccc1C(=O)N1CCCOC(C)C1. The van der Waals surface area contributed by atoms with Gasteiger partial charge in [0, 0.05) is 32.9 Å². The number of amides is 1. The number of hydrogen-bond donors (Lipinski definition) is 1. The minimum atomic E-state index is 0.0183. The summed E-state index contributed by atoms with van der Waals surface area (Å²) in [5.41, 5.74) is 0.620. The van der Waals surface area contributed by atoms with Crippen LogP contribution in [-0.4, -0.2) is 48.6 Å². The lowest BCUT2D eigenvalue weighted by atomic mass is 10.2. The molecule has 0 saturated carbocycles. The molecule has 0 aliphatic carbocycles. The number of anilines is 1. The normalized spacial score (nSPS) is 20.3. The van der Waals surface area contributed by atoms with E-state index in [2.05, 4.69) is 10.3 Å². The second-order valence-corrected chi connectivity index (χ2v) is 4.44. The number of carbonyl (C=O) groups excluding carboxylic acids is 1. The van der Waals surface area contributed by atoms with E-state index in [0.717, 1.165) is 19.6 Å². The van der Waals surface area contributed by atoms with Crippen molar-refractivity contribution in [3.05, 3.63) is 23.9 Å². The van der Waals surface area contributed by atoms with Crippen LogP contribution in [0.3, 0.4) is 0 Å². The summed E-state index contributed by atoms with van der Waals surface area (Å²) in [5.74, 6) is 0.644. The molecule has 1 aliphatic heterocycles. The topological polar surface area (TPSA) is 54.5 Å². The molecule has 18 heavy (non-hydrogen) atoms. The van der Waals surface area contributed by atoms with Gasteiger partial charge in [0.05, 0.1) is 11.7 Å². The second-order valence-electron chi connectivity index (χ2n) is 4.44.